The highest BCUT2D eigenvalue weighted by molar-refractivity contribution is 4.79. The van der Waals surface area contributed by atoms with Gasteiger partial charge in [0.05, 0.1) is 0 Å². The Kier molecular flexibility index (Phi) is 3.31. The third-order valence-electron chi connectivity index (χ3n) is 2.73. The van der Waals surface area contributed by atoms with E-state index in [1.165, 1.54) is 6.42 Å². The monoisotopic (exact) mass is 159 g/mol. The molecule has 1 rings (SSSR count). The summed E-state index contributed by atoms with van der Waals surface area (Å²) in [5, 5.41) is 3.06. The lowest BCUT2D eigenvalue weighted by Gasteiger charge is -2.30. The molecule has 1 aliphatic rings. The first kappa shape index (κ1) is 8.98. The molecule has 0 bridgehead atoms. The molecule has 0 heterocycles. The van der Waals surface area contributed by atoms with Crippen LogP contribution in [0, 0.1) is 5.92 Å². The summed E-state index contributed by atoms with van der Waals surface area (Å²) < 4.78 is 13.2. The second-order valence-corrected chi connectivity index (χ2v) is 3.63. The van der Waals surface area contributed by atoms with Crippen LogP contribution in [0.2, 0.25) is 0 Å². The molecule has 0 aromatic carbocycles. The number of hydrogen-bond donors (Lipinski definition) is 1. The van der Waals surface area contributed by atoms with Gasteiger partial charge in [-0.3, -0.25) is 0 Å². The Morgan fingerprint density at radius 2 is 2.18 bits per heavy atom. The first-order valence-corrected chi connectivity index (χ1v) is 4.55. The van der Waals surface area contributed by atoms with Gasteiger partial charge < -0.3 is 5.32 Å². The van der Waals surface area contributed by atoms with Gasteiger partial charge in [-0.15, -0.1) is 0 Å². The van der Waals surface area contributed by atoms with E-state index in [0.29, 0.717) is 18.4 Å². The maximum atomic E-state index is 13.2. The van der Waals surface area contributed by atoms with Crippen LogP contribution >= 0.6 is 0 Å². The summed E-state index contributed by atoms with van der Waals surface area (Å²) in [5.74, 6) is 0.380. The second-order valence-electron chi connectivity index (χ2n) is 3.63. The maximum Gasteiger partial charge on any atom is 0.104 e. The van der Waals surface area contributed by atoms with Crippen molar-refractivity contribution in [1.29, 1.82) is 0 Å². The van der Waals surface area contributed by atoms with Crippen molar-refractivity contribution in [3.8, 4) is 0 Å². The Bertz CT molecular complexity index is 112. The largest absolute Gasteiger partial charge is 0.317 e. The van der Waals surface area contributed by atoms with Crippen molar-refractivity contribution in [2.75, 3.05) is 7.05 Å². The van der Waals surface area contributed by atoms with E-state index in [4.69, 9.17) is 0 Å². The molecule has 2 atom stereocenters. The van der Waals surface area contributed by atoms with E-state index in [1.54, 1.807) is 0 Å². The number of halogens is 1. The van der Waals surface area contributed by atoms with Crippen molar-refractivity contribution in [3.05, 3.63) is 0 Å². The van der Waals surface area contributed by atoms with Gasteiger partial charge in [0.25, 0.3) is 0 Å². The molecule has 0 amide bonds. The summed E-state index contributed by atoms with van der Waals surface area (Å²) in [4.78, 5) is 0. The average Bonchev–Trinajstić information content (AvgIpc) is 1.83. The Labute approximate surface area is 68.4 Å². The molecule has 1 fully saturated rings. The highest BCUT2D eigenvalue weighted by atomic mass is 19.1. The van der Waals surface area contributed by atoms with Gasteiger partial charge in [-0.05, 0) is 39.2 Å². The predicted octanol–water partition coefficient (Wildman–Crippen LogP) is 2.12. The van der Waals surface area contributed by atoms with E-state index in [1.807, 2.05) is 14.0 Å². The van der Waals surface area contributed by atoms with Crippen LogP contribution in [0.3, 0.4) is 0 Å². The van der Waals surface area contributed by atoms with E-state index in [9.17, 15) is 4.39 Å². The number of alkyl halides is 1. The van der Waals surface area contributed by atoms with Crippen LogP contribution in [-0.4, -0.2) is 19.3 Å². The topological polar surface area (TPSA) is 12.0 Å². The Morgan fingerprint density at radius 1 is 1.55 bits per heavy atom. The van der Waals surface area contributed by atoms with E-state index >= 15 is 0 Å². The summed E-state index contributed by atoms with van der Waals surface area (Å²) in [5.41, 5.74) is 0. The Hall–Kier alpha value is -0.110. The van der Waals surface area contributed by atoms with Gasteiger partial charge >= 0.3 is 0 Å². The van der Waals surface area contributed by atoms with Crippen molar-refractivity contribution in [1.82, 2.24) is 5.32 Å². The molecule has 66 valence electrons. The minimum atomic E-state index is -0.564. The summed E-state index contributed by atoms with van der Waals surface area (Å²) >= 11 is 0. The van der Waals surface area contributed by atoms with Crippen LogP contribution in [-0.2, 0) is 0 Å². The van der Waals surface area contributed by atoms with Crippen molar-refractivity contribution < 1.29 is 4.39 Å². The highest BCUT2D eigenvalue weighted by Crippen LogP contribution is 2.33. The zero-order valence-corrected chi connectivity index (χ0v) is 7.44. The molecule has 0 radical (unpaired) electrons. The number of hydrogen-bond acceptors (Lipinski definition) is 1. The minimum Gasteiger partial charge on any atom is -0.317 e. The molecule has 0 saturated heterocycles. The third-order valence-corrected chi connectivity index (χ3v) is 2.73. The van der Waals surface area contributed by atoms with E-state index in [2.05, 4.69) is 5.32 Å². The fraction of sp³-hybridized carbons (Fsp3) is 1.00. The average molecular weight is 159 g/mol. The first-order chi connectivity index (χ1) is 5.24. The smallest absolute Gasteiger partial charge is 0.104 e. The molecule has 1 nitrogen and oxygen atoms in total. The SMILES string of the molecule is CNC(C)CC(F)C1CCC1. The standard InChI is InChI=1S/C9H18FN/c1-7(11-2)6-9(10)8-4-3-5-8/h7-9,11H,3-6H2,1-2H3. The normalized spacial score (nSPS) is 24.3. The summed E-state index contributed by atoms with van der Waals surface area (Å²) in [7, 11) is 1.89. The molecular weight excluding hydrogens is 141 g/mol. The lowest BCUT2D eigenvalue weighted by atomic mass is 9.80. The number of rotatable bonds is 4. The summed E-state index contributed by atoms with van der Waals surface area (Å²) in [6.45, 7) is 2.03. The van der Waals surface area contributed by atoms with Crippen LogP contribution in [0.5, 0.6) is 0 Å². The van der Waals surface area contributed by atoms with E-state index in [0.717, 1.165) is 12.8 Å². The maximum absolute atomic E-state index is 13.2. The zero-order valence-electron chi connectivity index (χ0n) is 7.44. The molecule has 1 aliphatic carbocycles. The summed E-state index contributed by atoms with van der Waals surface area (Å²) in [6, 6.07) is 0.325. The molecule has 0 aromatic rings. The highest BCUT2D eigenvalue weighted by Gasteiger charge is 2.27. The van der Waals surface area contributed by atoms with Crippen molar-refractivity contribution >= 4 is 0 Å². The van der Waals surface area contributed by atoms with Gasteiger partial charge in [0, 0.05) is 6.04 Å². The Balaban J connectivity index is 2.13. The van der Waals surface area contributed by atoms with Gasteiger partial charge in [-0.1, -0.05) is 6.42 Å². The number of nitrogens with one attached hydrogen (secondary N) is 1. The van der Waals surface area contributed by atoms with Crippen molar-refractivity contribution in [2.45, 2.75) is 44.8 Å². The molecule has 11 heavy (non-hydrogen) atoms. The quantitative estimate of drug-likeness (QED) is 0.662. The lowest BCUT2D eigenvalue weighted by molar-refractivity contribution is 0.131. The van der Waals surface area contributed by atoms with Gasteiger partial charge in [-0.25, -0.2) is 4.39 Å². The molecule has 0 aliphatic heterocycles. The van der Waals surface area contributed by atoms with Crippen LogP contribution in [0.15, 0.2) is 0 Å². The van der Waals surface area contributed by atoms with Crippen LogP contribution in [0.1, 0.15) is 32.6 Å². The molecule has 1 saturated carbocycles. The molecule has 0 spiro atoms. The van der Waals surface area contributed by atoms with Crippen molar-refractivity contribution in [2.24, 2.45) is 5.92 Å². The minimum absolute atomic E-state index is 0.325. The zero-order chi connectivity index (χ0) is 8.27. The van der Waals surface area contributed by atoms with Gasteiger partial charge in [0.2, 0.25) is 0 Å². The first-order valence-electron chi connectivity index (χ1n) is 4.55. The van der Waals surface area contributed by atoms with Gasteiger partial charge in [0.15, 0.2) is 0 Å². The summed E-state index contributed by atoms with van der Waals surface area (Å²) in [6.07, 6.45) is 3.57. The third kappa shape index (κ3) is 2.44. The Morgan fingerprint density at radius 3 is 2.55 bits per heavy atom. The second kappa shape index (κ2) is 4.05. The molecule has 2 heteroatoms. The van der Waals surface area contributed by atoms with Crippen LogP contribution in [0.25, 0.3) is 0 Å². The fourth-order valence-corrected chi connectivity index (χ4v) is 1.45. The van der Waals surface area contributed by atoms with Gasteiger partial charge in [-0.2, -0.15) is 0 Å². The lowest BCUT2D eigenvalue weighted by Crippen LogP contribution is -2.31. The van der Waals surface area contributed by atoms with E-state index < -0.39 is 6.17 Å². The van der Waals surface area contributed by atoms with E-state index in [-0.39, 0.29) is 0 Å². The molecule has 0 aromatic heterocycles. The van der Waals surface area contributed by atoms with Gasteiger partial charge in [0.1, 0.15) is 6.17 Å². The van der Waals surface area contributed by atoms with Crippen LogP contribution < -0.4 is 5.32 Å². The molecule has 1 N–H and O–H groups in total. The van der Waals surface area contributed by atoms with Crippen LogP contribution in [0.4, 0.5) is 4.39 Å². The van der Waals surface area contributed by atoms with Crippen molar-refractivity contribution in [3.63, 3.8) is 0 Å². The predicted molar refractivity (Wildman–Crippen MR) is 45.4 cm³/mol. The molecule has 2 unspecified atom stereocenters. The fourth-order valence-electron chi connectivity index (χ4n) is 1.45. The molecular formula is C9H18FN.